The first kappa shape index (κ1) is 17.1. The van der Waals surface area contributed by atoms with Gasteiger partial charge in [-0.2, -0.15) is 0 Å². The molecule has 0 aliphatic carbocycles. The minimum Gasteiger partial charge on any atom is -0.494 e. The first-order valence-corrected chi connectivity index (χ1v) is 9.34. The number of H-pyrrole nitrogens is 2. The van der Waals surface area contributed by atoms with Crippen LogP contribution in [0.25, 0.3) is 10.9 Å². The first-order valence-electron chi connectivity index (χ1n) is 8.93. The number of fused-ring (bicyclic) bond motifs is 3. The van der Waals surface area contributed by atoms with Crippen molar-refractivity contribution in [2.75, 3.05) is 6.54 Å². The summed E-state index contributed by atoms with van der Waals surface area (Å²) >= 11 is 5.28. The zero-order valence-electron chi connectivity index (χ0n) is 14.8. The van der Waals surface area contributed by atoms with Gasteiger partial charge in [0.2, 0.25) is 5.88 Å². The zero-order chi connectivity index (χ0) is 18.4. The molecule has 26 heavy (non-hydrogen) atoms. The van der Waals surface area contributed by atoms with Crippen LogP contribution in [0.3, 0.4) is 0 Å². The lowest BCUT2D eigenvalue weighted by Crippen LogP contribution is -2.35. The zero-order valence-corrected chi connectivity index (χ0v) is 15.6. The molecule has 2 aromatic heterocycles. The molecule has 3 aromatic rings. The molecule has 0 unspecified atom stereocenters. The second kappa shape index (κ2) is 6.41. The van der Waals surface area contributed by atoms with Crippen molar-refractivity contribution < 1.29 is 5.11 Å². The van der Waals surface area contributed by atoms with Crippen molar-refractivity contribution in [3.63, 3.8) is 0 Å². The lowest BCUT2D eigenvalue weighted by atomic mass is 9.95. The fourth-order valence-electron chi connectivity index (χ4n) is 3.83. The molecule has 7 heteroatoms. The molecule has 4 N–H and O–H groups in total. The van der Waals surface area contributed by atoms with Crippen LogP contribution in [0, 0.1) is 4.77 Å². The standard InChI is InChI=1S/C19H22N4O2S/c1-3-10(2)23-18(25)14(17(24)22-19(23)26)16-15-12(8-9-20-16)11-6-4-5-7-13(11)21-15/h4-7,10,16,20-21,25H,3,8-9H2,1-2H3,(H,22,24,26)/t10-,16+/m0/s1. The second-order valence-electron chi connectivity index (χ2n) is 6.82. The van der Waals surface area contributed by atoms with Crippen LogP contribution in [0.15, 0.2) is 29.1 Å². The van der Waals surface area contributed by atoms with E-state index in [1.54, 1.807) is 4.57 Å². The molecule has 136 valence electrons. The van der Waals surface area contributed by atoms with Crippen LogP contribution in [0.4, 0.5) is 0 Å². The van der Waals surface area contributed by atoms with E-state index >= 15 is 0 Å². The van der Waals surface area contributed by atoms with Crippen molar-refractivity contribution in [2.45, 2.75) is 38.8 Å². The maximum atomic E-state index is 12.7. The number of para-hydroxylation sites is 1. The first-order chi connectivity index (χ1) is 12.5. The van der Waals surface area contributed by atoms with Crippen LogP contribution in [-0.4, -0.2) is 26.2 Å². The summed E-state index contributed by atoms with van der Waals surface area (Å²) < 4.78 is 1.88. The van der Waals surface area contributed by atoms with Gasteiger partial charge in [0.1, 0.15) is 5.56 Å². The molecule has 1 aliphatic heterocycles. The Kier molecular flexibility index (Phi) is 4.20. The van der Waals surface area contributed by atoms with Crippen molar-refractivity contribution in [1.82, 2.24) is 19.9 Å². The summed E-state index contributed by atoms with van der Waals surface area (Å²) in [5.41, 5.74) is 3.13. The Morgan fingerprint density at radius 3 is 2.88 bits per heavy atom. The summed E-state index contributed by atoms with van der Waals surface area (Å²) in [7, 11) is 0. The maximum absolute atomic E-state index is 12.7. The third kappa shape index (κ3) is 2.50. The largest absolute Gasteiger partial charge is 0.494 e. The molecule has 0 spiro atoms. The Morgan fingerprint density at radius 1 is 1.35 bits per heavy atom. The third-order valence-electron chi connectivity index (χ3n) is 5.33. The SMILES string of the molecule is CC[C@H](C)n1c(O)c([C@H]2NCCc3c2[nH]c2ccccc32)c(=O)[nH]c1=S. The number of aromatic nitrogens is 3. The van der Waals surface area contributed by atoms with Gasteiger partial charge in [-0.25, -0.2) is 0 Å². The topological polar surface area (TPSA) is 85.8 Å². The van der Waals surface area contributed by atoms with Gasteiger partial charge in [0.05, 0.1) is 6.04 Å². The smallest absolute Gasteiger partial charge is 0.260 e. The fraction of sp³-hybridized carbons (Fsp3) is 0.368. The lowest BCUT2D eigenvalue weighted by Gasteiger charge is -2.26. The Balaban J connectivity index is 1.96. The van der Waals surface area contributed by atoms with Crippen LogP contribution < -0.4 is 10.9 Å². The minimum absolute atomic E-state index is 0.0103. The molecular weight excluding hydrogens is 348 g/mol. The summed E-state index contributed by atoms with van der Waals surface area (Å²) in [6.45, 7) is 4.73. The van der Waals surface area contributed by atoms with E-state index in [0.717, 1.165) is 30.6 Å². The van der Waals surface area contributed by atoms with E-state index in [9.17, 15) is 9.90 Å². The minimum atomic E-state index is -0.402. The summed E-state index contributed by atoms with van der Waals surface area (Å²) in [4.78, 5) is 18.9. The van der Waals surface area contributed by atoms with E-state index in [-0.39, 0.29) is 22.3 Å². The van der Waals surface area contributed by atoms with E-state index < -0.39 is 6.04 Å². The van der Waals surface area contributed by atoms with Gasteiger partial charge in [-0.3, -0.25) is 14.3 Å². The van der Waals surface area contributed by atoms with Crippen molar-refractivity contribution in [3.8, 4) is 5.88 Å². The van der Waals surface area contributed by atoms with Gasteiger partial charge in [0.25, 0.3) is 5.56 Å². The number of nitrogens with zero attached hydrogens (tertiary/aromatic N) is 1. The molecule has 0 amide bonds. The average molecular weight is 370 g/mol. The molecule has 4 rings (SSSR count). The third-order valence-corrected chi connectivity index (χ3v) is 5.63. The lowest BCUT2D eigenvalue weighted by molar-refractivity contribution is 0.358. The predicted octanol–water partition coefficient (Wildman–Crippen LogP) is 3.30. The number of nitrogens with one attached hydrogen (secondary N) is 3. The molecule has 0 saturated carbocycles. The highest BCUT2D eigenvalue weighted by Gasteiger charge is 2.31. The monoisotopic (exact) mass is 370 g/mol. The van der Waals surface area contributed by atoms with Crippen molar-refractivity contribution in [1.29, 1.82) is 0 Å². The Labute approximate surface area is 155 Å². The molecule has 2 atom stereocenters. The van der Waals surface area contributed by atoms with E-state index in [1.807, 2.05) is 32.0 Å². The normalized spacial score (nSPS) is 18.0. The molecule has 0 saturated heterocycles. The molecular formula is C19H22N4O2S. The highest BCUT2D eigenvalue weighted by molar-refractivity contribution is 7.71. The molecule has 0 fully saturated rings. The number of hydrogen-bond donors (Lipinski definition) is 4. The van der Waals surface area contributed by atoms with Gasteiger partial charge < -0.3 is 15.4 Å². The van der Waals surface area contributed by atoms with Gasteiger partial charge in [-0.15, -0.1) is 0 Å². The molecule has 0 bridgehead atoms. The quantitative estimate of drug-likeness (QED) is 0.533. The molecule has 3 heterocycles. The van der Waals surface area contributed by atoms with Crippen LogP contribution in [-0.2, 0) is 6.42 Å². The number of hydrogen-bond acceptors (Lipinski definition) is 4. The summed E-state index contributed by atoms with van der Waals surface area (Å²) in [6, 6.07) is 7.70. The average Bonchev–Trinajstić information content (AvgIpc) is 3.00. The van der Waals surface area contributed by atoms with Gasteiger partial charge in [-0.1, -0.05) is 25.1 Å². The highest BCUT2D eigenvalue weighted by atomic mass is 32.1. The molecule has 1 aliphatic rings. The number of rotatable bonds is 3. The van der Waals surface area contributed by atoms with Crippen LogP contribution in [0.5, 0.6) is 5.88 Å². The fourth-order valence-corrected chi connectivity index (χ4v) is 4.19. The maximum Gasteiger partial charge on any atom is 0.260 e. The Morgan fingerprint density at radius 2 is 2.12 bits per heavy atom. The Bertz CT molecular complexity index is 1100. The van der Waals surface area contributed by atoms with E-state index in [2.05, 4.69) is 21.4 Å². The van der Waals surface area contributed by atoms with Crippen molar-refractivity contribution in [2.24, 2.45) is 0 Å². The van der Waals surface area contributed by atoms with E-state index in [4.69, 9.17) is 12.2 Å². The highest BCUT2D eigenvalue weighted by Crippen LogP contribution is 2.35. The summed E-state index contributed by atoms with van der Waals surface area (Å²) in [5.74, 6) is -0.0582. The van der Waals surface area contributed by atoms with Gasteiger partial charge >= 0.3 is 0 Å². The van der Waals surface area contributed by atoms with Gasteiger partial charge in [-0.05, 0) is 43.6 Å². The van der Waals surface area contributed by atoms with Crippen molar-refractivity contribution in [3.05, 3.63) is 56.2 Å². The van der Waals surface area contributed by atoms with E-state index in [1.165, 1.54) is 10.9 Å². The van der Waals surface area contributed by atoms with Crippen LogP contribution >= 0.6 is 12.2 Å². The molecule has 1 aromatic carbocycles. The number of aromatic hydroxyl groups is 1. The molecule has 0 radical (unpaired) electrons. The van der Waals surface area contributed by atoms with Gasteiger partial charge in [0.15, 0.2) is 4.77 Å². The molecule has 6 nitrogen and oxygen atoms in total. The number of benzene rings is 1. The van der Waals surface area contributed by atoms with Crippen molar-refractivity contribution >= 4 is 23.1 Å². The summed E-state index contributed by atoms with van der Waals surface area (Å²) in [6.07, 6.45) is 1.67. The van der Waals surface area contributed by atoms with Crippen LogP contribution in [0.2, 0.25) is 0 Å². The van der Waals surface area contributed by atoms with Crippen LogP contribution in [0.1, 0.15) is 49.2 Å². The Hall–Kier alpha value is -2.38. The summed E-state index contributed by atoms with van der Waals surface area (Å²) in [5, 5.41) is 15.5. The predicted molar refractivity (Wildman–Crippen MR) is 104 cm³/mol. The van der Waals surface area contributed by atoms with Gasteiger partial charge in [0, 0.05) is 29.2 Å². The second-order valence-corrected chi connectivity index (χ2v) is 7.21. The number of aromatic amines is 2. The van der Waals surface area contributed by atoms with E-state index in [0.29, 0.717) is 5.56 Å².